The molecule has 3 rings (SSSR count). The van der Waals surface area contributed by atoms with E-state index in [0.717, 1.165) is 29.1 Å². The third-order valence-electron chi connectivity index (χ3n) is 5.15. The molecule has 2 amide bonds. The molecule has 1 aliphatic heterocycles. The molecule has 1 saturated heterocycles. The number of nitrogens with zero attached hydrogens (tertiary/aromatic N) is 1. The van der Waals surface area contributed by atoms with Gasteiger partial charge >= 0.3 is 0 Å². The number of carbonyl (C=O) groups is 2. The smallest absolute Gasteiger partial charge is 0.255 e. The van der Waals surface area contributed by atoms with E-state index < -0.39 is 0 Å². The Hall–Kier alpha value is -2.02. The van der Waals surface area contributed by atoms with Crippen LogP contribution in [0.5, 0.6) is 0 Å². The van der Waals surface area contributed by atoms with Crippen LogP contribution in [0.3, 0.4) is 0 Å². The van der Waals surface area contributed by atoms with Crippen molar-refractivity contribution >= 4 is 41.7 Å². The maximum Gasteiger partial charge on any atom is 0.255 e. The van der Waals surface area contributed by atoms with Crippen molar-refractivity contribution in [2.45, 2.75) is 25.2 Å². The highest BCUT2D eigenvalue weighted by molar-refractivity contribution is 8.00. The number of halogens is 1. The molecule has 29 heavy (non-hydrogen) atoms. The Kier molecular flexibility index (Phi) is 8.14. The van der Waals surface area contributed by atoms with Crippen LogP contribution in [0, 0.1) is 12.3 Å². The largest absolute Gasteiger partial charge is 0.338 e. The van der Waals surface area contributed by atoms with Gasteiger partial charge < -0.3 is 16.0 Å². The van der Waals surface area contributed by atoms with E-state index in [1.54, 1.807) is 0 Å². The molecule has 1 fully saturated rings. The number of carbonyl (C=O) groups excluding carboxylic acids is 2. The van der Waals surface area contributed by atoms with E-state index in [0.29, 0.717) is 18.7 Å². The number of amides is 2. The number of rotatable bonds is 6. The predicted molar refractivity (Wildman–Crippen MR) is 122 cm³/mol. The average molecular weight is 434 g/mol. The van der Waals surface area contributed by atoms with Crippen LogP contribution in [0.2, 0.25) is 0 Å². The van der Waals surface area contributed by atoms with Crippen LogP contribution in [0.1, 0.15) is 29.3 Å². The summed E-state index contributed by atoms with van der Waals surface area (Å²) in [6, 6.07) is 15.2. The highest BCUT2D eigenvalue weighted by atomic mass is 35.5. The van der Waals surface area contributed by atoms with E-state index in [1.807, 2.05) is 60.4 Å². The molecule has 0 radical (unpaired) electrons. The minimum absolute atomic E-state index is 0. The van der Waals surface area contributed by atoms with Crippen molar-refractivity contribution in [2.75, 3.05) is 30.7 Å². The van der Waals surface area contributed by atoms with Crippen molar-refractivity contribution in [3.05, 3.63) is 59.7 Å². The van der Waals surface area contributed by atoms with E-state index in [-0.39, 0.29) is 35.4 Å². The van der Waals surface area contributed by atoms with Gasteiger partial charge in [-0.3, -0.25) is 9.59 Å². The first kappa shape index (κ1) is 23.3. The molecule has 5 nitrogen and oxygen atoms in total. The summed E-state index contributed by atoms with van der Waals surface area (Å²) in [7, 11) is 0. The zero-order valence-electron chi connectivity index (χ0n) is 16.8. The van der Waals surface area contributed by atoms with Gasteiger partial charge in [-0.2, -0.15) is 0 Å². The Morgan fingerprint density at radius 1 is 1.17 bits per heavy atom. The number of likely N-dealkylation sites (tertiary alicyclic amines) is 1. The molecule has 1 heterocycles. The molecule has 0 aliphatic carbocycles. The maximum atomic E-state index is 13.0. The van der Waals surface area contributed by atoms with Crippen LogP contribution in [-0.4, -0.2) is 42.1 Å². The molecular weight excluding hydrogens is 406 g/mol. The summed E-state index contributed by atoms with van der Waals surface area (Å²) in [5, 5.41) is 2.89. The van der Waals surface area contributed by atoms with Gasteiger partial charge in [-0.1, -0.05) is 36.8 Å². The summed E-state index contributed by atoms with van der Waals surface area (Å²) in [4.78, 5) is 28.0. The number of nitrogens with one attached hydrogen (secondary N) is 1. The van der Waals surface area contributed by atoms with Gasteiger partial charge in [-0.25, -0.2) is 0 Å². The van der Waals surface area contributed by atoms with Gasteiger partial charge in [-0.05, 0) is 49.6 Å². The number of hydrogen-bond donors (Lipinski definition) is 2. The van der Waals surface area contributed by atoms with Crippen LogP contribution in [0.25, 0.3) is 0 Å². The number of anilines is 1. The molecule has 2 aromatic carbocycles. The minimum Gasteiger partial charge on any atom is -0.338 e. The summed E-state index contributed by atoms with van der Waals surface area (Å²) in [6.45, 7) is 6.10. The maximum absolute atomic E-state index is 13.0. The summed E-state index contributed by atoms with van der Waals surface area (Å²) in [6.07, 6.45) is 0.920. The molecule has 3 N–H and O–H groups in total. The number of hydrogen-bond acceptors (Lipinski definition) is 4. The second-order valence-electron chi connectivity index (χ2n) is 7.69. The lowest BCUT2D eigenvalue weighted by Crippen LogP contribution is -2.34. The molecule has 7 heteroatoms. The SMILES string of the molecule is Cc1ccc(NC(=O)CSc2ccccc2C(=O)N2CCC(C)(CN)C2)cc1.Cl. The van der Waals surface area contributed by atoms with Gasteiger partial charge in [0.25, 0.3) is 5.91 Å². The molecule has 1 aliphatic rings. The van der Waals surface area contributed by atoms with Crippen LogP contribution < -0.4 is 11.1 Å². The molecule has 2 aromatic rings. The zero-order chi connectivity index (χ0) is 20.1. The normalized spacial score (nSPS) is 18.2. The molecule has 0 spiro atoms. The highest BCUT2D eigenvalue weighted by Crippen LogP contribution is 2.31. The van der Waals surface area contributed by atoms with E-state index in [2.05, 4.69) is 12.2 Å². The van der Waals surface area contributed by atoms with Gasteiger partial charge in [0.1, 0.15) is 0 Å². The summed E-state index contributed by atoms with van der Waals surface area (Å²) < 4.78 is 0. The van der Waals surface area contributed by atoms with Crippen LogP contribution in [0.15, 0.2) is 53.4 Å². The molecule has 0 bridgehead atoms. The predicted octanol–water partition coefficient (Wildman–Crippen LogP) is 3.96. The lowest BCUT2D eigenvalue weighted by Gasteiger charge is -2.23. The van der Waals surface area contributed by atoms with E-state index in [4.69, 9.17) is 5.73 Å². The molecular formula is C22H28ClN3O2S. The quantitative estimate of drug-likeness (QED) is 0.676. The Balaban J connectivity index is 0.00000300. The third kappa shape index (κ3) is 5.98. The first-order valence-electron chi connectivity index (χ1n) is 9.48. The van der Waals surface area contributed by atoms with Gasteiger partial charge in [0.15, 0.2) is 0 Å². The van der Waals surface area contributed by atoms with Gasteiger partial charge in [0.05, 0.1) is 11.3 Å². The average Bonchev–Trinajstić information content (AvgIpc) is 3.11. The molecule has 1 atom stereocenters. The fourth-order valence-corrected chi connectivity index (χ4v) is 4.12. The van der Waals surface area contributed by atoms with E-state index in [9.17, 15) is 9.59 Å². The van der Waals surface area contributed by atoms with Crippen LogP contribution in [-0.2, 0) is 4.79 Å². The Labute approximate surface area is 182 Å². The molecule has 156 valence electrons. The van der Waals surface area contributed by atoms with Crippen molar-refractivity contribution in [1.82, 2.24) is 4.90 Å². The number of benzene rings is 2. The first-order valence-corrected chi connectivity index (χ1v) is 10.5. The van der Waals surface area contributed by atoms with Crippen LogP contribution in [0.4, 0.5) is 5.69 Å². The fourth-order valence-electron chi connectivity index (χ4n) is 3.28. The Bertz CT molecular complexity index is 859. The number of thioether (sulfide) groups is 1. The number of nitrogens with two attached hydrogens (primary N) is 1. The Morgan fingerprint density at radius 2 is 1.86 bits per heavy atom. The summed E-state index contributed by atoms with van der Waals surface area (Å²) >= 11 is 1.39. The van der Waals surface area contributed by atoms with E-state index in [1.165, 1.54) is 11.8 Å². The third-order valence-corrected chi connectivity index (χ3v) is 6.22. The lowest BCUT2D eigenvalue weighted by molar-refractivity contribution is -0.113. The van der Waals surface area contributed by atoms with Crippen molar-refractivity contribution < 1.29 is 9.59 Å². The summed E-state index contributed by atoms with van der Waals surface area (Å²) in [5.41, 5.74) is 8.43. The monoisotopic (exact) mass is 433 g/mol. The Morgan fingerprint density at radius 3 is 2.52 bits per heavy atom. The van der Waals surface area contributed by atoms with Gasteiger partial charge in [-0.15, -0.1) is 24.2 Å². The fraction of sp³-hybridized carbons (Fsp3) is 0.364. The van der Waals surface area contributed by atoms with Crippen molar-refractivity contribution in [2.24, 2.45) is 11.1 Å². The zero-order valence-corrected chi connectivity index (χ0v) is 18.4. The van der Waals surface area contributed by atoms with Crippen molar-refractivity contribution in [3.8, 4) is 0 Å². The molecule has 0 aromatic heterocycles. The van der Waals surface area contributed by atoms with Crippen molar-refractivity contribution in [1.29, 1.82) is 0 Å². The highest BCUT2D eigenvalue weighted by Gasteiger charge is 2.35. The lowest BCUT2D eigenvalue weighted by atomic mass is 9.90. The first-order chi connectivity index (χ1) is 13.4. The van der Waals surface area contributed by atoms with Crippen molar-refractivity contribution in [3.63, 3.8) is 0 Å². The summed E-state index contributed by atoms with van der Waals surface area (Å²) in [5.74, 6) is 0.172. The second-order valence-corrected chi connectivity index (χ2v) is 8.71. The topological polar surface area (TPSA) is 75.4 Å². The standard InChI is InChI=1S/C22H27N3O2S.ClH/c1-16-7-9-17(10-8-16)24-20(26)13-28-19-6-4-3-5-18(19)21(27)25-12-11-22(2,14-23)15-25;/h3-10H,11-15,23H2,1-2H3,(H,24,26);1H. The second kappa shape index (κ2) is 10.1. The minimum atomic E-state index is -0.0898. The van der Waals surface area contributed by atoms with Crippen LogP contribution >= 0.6 is 24.2 Å². The molecule has 0 saturated carbocycles. The van der Waals surface area contributed by atoms with E-state index >= 15 is 0 Å². The van der Waals surface area contributed by atoms with Gasteiger partial charge in [0, 0.05) is 23.7 Å². The molecule has 1 unspecified atom stereocenters. The number of aryl methyl sites for hydroxylation is 1. The van der Waals surface area contributed by atoms with Gasteiger partial charge in [0.2, 0.25) is 5.91 Å².